The molecule has 4 nitrogen and oxygen atoms in total. The molecule has 0 N–H and O–H groups in total. The maximum Gasteiger partial charge on any atom is 0.236 e. The second-order valence-electron chi connectivity index (χ2n) is 8.70. The van der Waals surface area contributed by atoms with Crippen molar-refractivity contribution in [3.05, 3.63) is 71.8 Å². The number of hydrogen-bond acceptors (Lipinski definition) is 3. The van der Waals surface area contributed by atoms with Gasteiger partial charge in [-0.1, -0.05) is 77.8 Å². The Morgan fingerprint density at radius 3 is 2.31 bits per heavy atom. The third-order valence-corrected chi connectivity index (χ3v) is 7.23. The highest BCUT2D eigenvalue weighted by atomic mass is 35.5. The van der Waals surface area contributed by atoms with Gasteiger partial charge >= 0.3 is 0 Å². The zero-order valence-electron chi connectivity index (χ0n) is 18.0. The standard InChI is InChI=1S/C26H27Cl2N3O/c27-26(28)31-13-11-30(12-14-31)25(32)18-29-10-9-23-16-22(7-8-24(23)17-29)21-6-5-19-3-1-2-4-20(19)15-21/h1-8,15-16,26H,9-14,17-18H2. The maximum atomic E-state index is 12.8. The molecule has 0 bridgehead atoms. The van der Waals surface area contributed by atoms with Crippen molar-refractivity contribution >= 4 is 39.9 Å². The van der Waals surface area contributed by atoms with Gasteiger partial charge in [0.2, 0.25) is 5.91 Å². The van der Waals surface area contributed by atoms with Crippen LogP contribution in [0.4, 0.5) is 0 Å². The summed E-state index contributed by atoms with van der Waals surface area (Å²) in [5.74, 6) is 0.196. The number of benzene rings is 3. The van der Waals surface area contributed by atoms with Gasteiger partial charge in [-0.25, -0.2) is 0 Å². The molecular formula is C26H27Cl2N3O. The van der Waals surface area contributed by atoms with Crippen LogP contribution in [0.25, 0.3) is 21.9 Å². The van der Waals surface area contributed by atoms with E-state index in [1.165, 1.54) is 33.0 Å². The zero-order valence-corrected chi connectivity index (χ0v) is 19.5. The highest BCUT2D eigenvalue weighted by Gasteiger charge is 2.26. The molecule has 32 heavy (non-hydrogen) atoms. The van der Waals surface area contributed by atoms with Gasteiger partial charge in [-0.2, -0.15) is 0 Å². The van der Waals surface area contributed by atoms with Gasteiger partial charge in [0, 0.05) is 39.3 Å². The number of amides is 1. The van der Waals surface area contributed by atoms with E-state index in [1.54, 1.807) is 0 Å². The molecule has 1 saturated heterocycles. The Bertz CT molecular complexity index is 1130. The lowest BCUT2D eigenvalue weighted by atomic mass is 9.93. The van der Waals surface area contributed by atoms with E-state index >= 15 is 0 Å². The molecule has 166 valence electrons. The molecular weight excluding hydrogens is 441 g/mol. The van der Waals surface area contributed by atoms with Crippen LogP contribution in [0.1, 0.15) is 11.1 Å². The van der Waals surface area contributed by atoms with E-state index in [4.69, 9.17) is 23.2 Å². The number of piperazine rings is 1. The first-order valence-electron chi connectivity index (χ1n) is 11.2. The Hall–Kier alpha value is -2.11. The van der Waals surface area contributed by atoms with E-state index in [2.05, 4.69) is 65.6 Å². The van der Waals surface area contributed by atoms with E-state index in [9.17, 15) is 4.79 Å². The fraction of sp³-hybridized carbons (Fsp3) is 0.346. The van der Waals surface area contributed by atoms with Crippen LogP contribution in [-0.2, 0) is 17.8 Å². The summed E-state index contributed by atoms with van der Waals surface area (Å²) < 4.78 is 0. The van der Waals surface area contributed by atoms with Gasteiger partial charge in [0.15, 0.2) is 4.96 Å². The third kappa shape index (κ3) is 4.65. The fourth-order valence-electron chi connectivity index (χ4n) is 4.75. The molecule has 0 aliphatic carbocycles. The smallest absolute Gasteiger partial charge is 0.236 e. The predicted octanol–water partition coefficient (Wildman–Crippen LogP) is 4.77. The number of rotatable bonds is 4. The van der Waals surface area contributed by atoms with E-state index in [-0.39, 0.29) is 5.91 Å². The molecule has 2 heterocycles. The van der Waals surface area contributed by atoms with Gasteiger partial charge in [0.05, 0.1) is 6.54 Å². The quantitative estimate of drug-likeness (QED) is 0.408. The van der Waals surface area contributed by atoms with Gasteiger partial charge in [-0.05, 0) is 45.5 Å². The first kappa shape index (κ1) is 21.7. The minimum atomic E-state index is -0.495. The van der Waals surface area contributed by atoms with Crippen molar-refractivity contribution in [1.29, 1.82) is 0 Å². The molecule has 0 spiro atoms. The molecule has 2 aliphatic heterocycles. The van der Waals surface area contributed by atoms with Crippen molar-refractivity contribution in [1.82, 2.24) is 14.7 Å². The minimum absolute atomic E-state index is 0.196. The van der Waals surface area contributed by atoms with Crippen molar-refractivity contribution in [3.8, 4) is 11.1 Å². The van der Waals surface area contributed by atoms with Crippen LogP contribution in [0.15, 0.2) is 60.7 Å². The molecule has 0 saturated carbocycles. The minimum Gasteiger partial charge on any atom is -0.339 e. The number of carbonyl (C=O) groups is 1. The summed E-state index contributed by atoms with van der Waals surface area (Å²) in [7, 11) is 0. The van der Waals surface area contributed by atoms with Crippen LogP contribution < -0.4 is 0 Å². The number of halogens is 2. The second-order valence-corrected chi connectivity index (χ2v) is 9.75. The van der Waals surface area contributed by atoms with Crippen LogP contribution in [-0.4, -0.2) is 64.8 Å². The molecule has 3 aromatic carbocycles. The molecule has 6 heteroatoms. The van der Waals surface area contributed by atoms with E-state index in [0.717, 1.165) is 32.6 Å². The lowest BCUT2D eigenvalue weighted by molar-refractivity contribution is -0.134. The normalized spacial score (nSPS) is 17.7. The summed E-state index contributed by atoms with van der Waals surface area (Å²) in [5.41, 5.74) is 5.22. The van der Waals surface area contributed by atoms with Crippen molar-refractivity contribution in [2.24, 2.45) is 0 Å². The lowest BCUT2D eigenvalue weighted by Crippen LogP contribution is -2.52. The molecule has 0 unspecified atom stereocenters. The van der Waals surface area contributed by atoms with Crippen LogP contribution in [0.3, 0.4) is 0 Å². The van der Waals surface area contributed by atoms with Gasteiger partial charge in [0.25, 0.3) is 0 Å². The van der Waals surface area contributed by atoms with Crippen LogP contribution >= 0.6 is 23.2 Å². The molecule has 0 aromatic heterocycles. The van der Waals surface area contributed by atoms with Crippen LogP contribution in [0.5, 0.6) is 0 Å². The first-order valence-corrected chi connectivity index (χ1v) is 12.1. The van der Waals surface area contributed by atoms with E-state index in [1.807, 2.05) is 9.80 Å². The highest BCUT2D eigenvalue weighted by Crippen LogP contribution is 2.28. The number of fused-ring (bicyclic) bond motifs is 2. The summed E-state index contributed by atoms with van der Waals surface area (Å²) in [6, 6.07) is 21.9. The largest absolute Gasteiger partial charge is 0.339 e. The Kier molecular flexibility index (Phi) is 6.38. The Morgan fingerprint density at radius 2 is 1.53 bits per heavy atom. The summed E-state index contributed by atoms with van der Waals surface area (Å²) >= 11 is 11.9. The monoisotopic (exact) mass is 467 g/mol. The van der Waals surface area contributed by atoms with Gasteiger partial charge in [-0.3, -0.25) is 14.6 Å². The average molecular weight is 468 g/mol. The molecule has 0 atom stereocenters. The van der Waals surface area contributed by atoms with Crippen molar-refractivity contribution in [3.63, 3.8) is 0 Å². The third-order valence-electron chi connectivity index (χ3n) is 6.68. The second kappa shape index (κ2) is 9.40. The van der Waals surface area contributed by atoms with Gasteiger partial charge in [0.1, 0.15) is 0 Å². The summed E-state index contributed by atoms with van der Waals surface area (Å²) in [6.45, 7) is 5.03. The van der Waals surface area contributed by atoms with Crippen LogP contribution in [0.2, 0.25) is 0 Å². The van der Waals surface area contributed by atoms with E-state index < -0.39 is 4.96 Å². The first-order chi connectivity index (χ1) is 15.6. The number of carbonyl (C=O) groups excluding carboxylic acids is 1. The summed E-state index contributed by atoms with van der Waals surface area (Å²) in [5, 5.41) is 2.53. The van der Waals surface area contributed by atoms with Gasteiger partial charge < -0.3 is 4.90 Å². The molecule has 0 radical (unpaired) electrons. The number of alkyl halides is 2. The van der Waals surface area contributed by atoms with Gasteiger partial charge in [-0.15, -0.1) is 0 Å². The Labute approximate surface area is 199 Å². The summed E-state index contributed by atoms with van der Waals surface area (Å²) in [4.78, 5) is 18.5. The number of hydrogen-bond donors (Lipinski definition) is 0. The highest BCUT2D eigenvalue weighted by molar-refractivity contribution is 6.43. The number of nitrogens with zero attached hydrogens (tertiary/aromatic N) is 3. The van der Waals surface area contributed by atoms with Crippen molar-refractivity contribution < 1.29 is 4.79 Å². The molecule has 3 aromatic rings. The summed E-state index contributed by atoms with van der Waals surface area (Å²) in [6.07, 6.45) is 0.970. The molecule has 2 aliphatic rings. The topological polar surface area (TPSA) is 26.8 Å². The molecule has 5 rings (SSSR count). The van der Waals surface area contributed by atoms with Crippen molar-refractivity contribution in [2.45, 2.75) is 17.9 Å². The molecule has 1 amide bonds. The van der Waals surface area contributed by atoms with Crippen molar-refractivity contribution in [2.75, 3.05) is 39.3 Å². The SMILES string of the molecule is O=C(CN1CCc2cc(-c3ccc4ccccc4c3)ccc2C1)N1CCN(C(Cl)Cl)CC1. The lowest BCUT2D eigenvalue weighted by Gasteiger charge is -2.37. The maximum absolute atomic E-state index is 12.8. The Balaban J connectivity index is 1.23. The molecule has 1 fully saturated rings. The fourth-order valence-corrected chi connectivity index (χ4v) is 5.14. The predicted molar refractivity (Wildman–Crippen MR) is 132 cm³/mol. The Morgan fingerprint density at radius 1 is 0.812 bits per heavy atom. The zero-order chi connectivity index (χ0) is 22.1. The average Bonchev–Trinajstić information content (AvgIpc) is 2.83. The van der Waals surface area contributed by atoms with Crippen LogP contribution in [0, 0.1) is 0 Å². The van der Waals surface area contributed by atoms with E-state index in [0.29, 0.717) is 19.6 Å².